The number of carbonyl (C=O) groups excluding carboxylic acids is 2. The van der Waals surface area contributed by atoms with Gasteiger partial charge in [-0.25, -0.2) is 0 Å². The first-order valence-electron chi connectivity index (χ1n) is 4.61. The van der Waals surface area contributed by atoms with Gasteiger partial charge in [-0.1, -0.05) is 6.07 Å². The number of hydrogen-bond acceptors (Lipinski definition) is 4. The van der Waals surface area contributed by atoms with Crippen molar-refractivity contribution in [1.82, 2.24) is 0 Å². The lowest BCUT2D eigenvalue weighted by atomic mass is 10.2. The zero-order valence-electron chi connectivity index (χ0n) is 8.84. The van der Waals surface area contributed by atoms with E-state index in [1.807, 2.05) is 0 Å². The molecule has 1 aromatic carbocycles. The van der Waals surface area contributed by atoms with Crippen molar-refractivity contribution >= 4 is 34.7 Å². The molecule has 1 rings (SSSR count). The number of benzene rings is 1. The number of alkyl halides is 1. The molecule has 90 valence electrons. The summed E-state index contributed by atoms with van der Waals surface area (Å²) in [7, 11) is 0. The summed E-state index contributed by atoms with van der Waals surface area (Å²) in [4.78, 5) is 32.2. The minimum absolute atomic E-state index is 0.156. The third-order valence-electron chi connectivity index (χ3n) is 1.91. The number of hydrogen-bond donors (Lipinski definition) is 1. The topological polar surface area (TPSA) is 89.3 Å². The molecular formula is C10H9ClN2O4. The molecule has 0 fully saturated rings. The van der Waals surface area contributed by atoms with Crippen molar-refractivity contribution in [3.05, 3.63) is 34.4 Å². The maximum absolute atomic E-state index is 11.4. The predicted molar refractivity (Wildman–Crippen MR) is 62.0 cm³/mol. The summed E-state index contributed by atoms with van der Waals surface area (Å²) in [6.07, 6.45) is 0. The van der Waals surface area contributed by atoms with Crippen LogP contribution in [0.5, 0.6) is 0 Å². The Morgan fingerprint density at radius 3 is 2.65 bits per heavy atom. The summed E-state index contributed by atoms with van der Waals surface area (Å²) in [6, 6.07) is 5.36. The molecule has 1 N–H and O–H groups in total. The quantitative estimate of drug-likeness (QED) is 0.384. The number of nitrogens with zero attached hydrogens (tertiary/aromatic N) is 1. The van der Waals surface area contributed by atoms with Crippen molar-refractivity contribution in [2.75, 3.05) is 5.32 Å². The standard InChI is InChI=1S/C10H9ClN2O4/c1-6(14)9(11)10(15)12-7-3-2-4-8(5-7)13(16)17/h2-5,9H,1H3,(H,12,15). The molecule has 7 heteroatoms. The minimum atomic E-state index is -1.30. The summed E-state index contributed by atoms with van der Waals surface area (Å²) in [5.74, 6) is -1.20. The number of amides is 1. The van der Waals surface area contributed by atoms with Gasteiger partial charge in [-0.3, -0.25) is 19.7 Å². The van der Waals surface area contributed by atoms with Crippen molar-refractivity contribution in [1.29, 1.82) is 0 Å². The smallest absolute Gasteiger partial charge is 0.271 e. The van der Waals surface area contributed by atoms with Gasteiger partial charge in [0.25, 0.3) is 5.69 Å². The van der Waals surface area contributed by atoms with Crippen LogP contribution in [0.2, 0.25) is 0 Å². The van der Waals surface area contributed by atoms with E-state index < -0.39 is 22.0 Å². The van der Waals surface area contributed by atoms with Crippen LogP contribution in [-0.4, -0.2) is 22.0 Å². The molecule has 0 aromatic heterocycles. The normalized spacial score (nSPS) is 11.6. The second-order valence-corrected chi connectivity index (χ2v) is 3.71. The molecule has 1 atom stereocenters. The molecule has 0 aliphatic rings. The third kappa shape index (κ3) is 3.53. The lowest BCUT2D eigenvalue weighted by molar-refractivity contribution is -0.384. The second-order valence-electron chi connectivity index (χ2n) is 3.27. The van der Waals surface area contributed by atoms with E-state index in [0.717, 1.165) is 0 Å². The molecule has 17 heavy (non-hydrogen) atoms. The first-order chi connectivity index (χ1) is 7.91. The fourth-order valence-corrected chi connectivity index (χ4v) is 1.14. The number of nitrogens with one attached hydrogen (secondary N) is 1. The lowest BCUT2D eigenvalue weighted by Crippen LogP contribution is -2.28. The Balaban J connectivity index is 2.82. The number of non-ortho nitro benzene ring substituents is 1. The van der Waals surface area contributed by atoms with Crippen molar-refractivity contribution in [3.63, 3.8) is 0 Å². The summed E-state index contributed by atoms with van der Waals surface area (Å²) >= 11 is 5.52. The fourth-order valence-electron chi connectivity index (χ4n) is 1.09. The second kappa shape index (κ2) is 5.40. The van der Waals surface area contributed by atoms with E-state index in [9.17, 15) is 19.7 Å². The Kier molecular flexibility index (Phi) is 4.17. The number of ketones is 1. The molecule has 1 amide bonds. The molecule has 0 saturated heterocycles. The summed E-state index contributed by atoms with van der Waals surface area (Å²) in [6.45, 7) is 1.19. The molecule has 0 spiro atoms. The SMILES string of the molecule is CC(=O)C(Cl)C(=O)Nc1cccc([N+](=O)[O-])c1. The lowest BCUT2D eigenvalue weighted by Gasteiger charge is -2.07. The molecular weight excluding hydrogens is 248 g/mol. The summed E-state index contributed by atoms with van der Waals surface area (Å²) in [5, 5.41) is 11.5. The summed E-state index contributed by atoms with van der Waals surface area (Å²) in [5.41, 5.74) is 0.0628. The first kappa shape index (κ1) is 13.1. The third-order valence-corrected chi connectivity index (χ3v) is 2.42. The molecule has 1 aromatic rings. The van der Waals surface area contributed by atoms with Crippen LogP contribution in [0.15, 0.2) is 24.3 Å². The van der Waals surface area contributed by atoms with E-state index in [0.29, 0.717) is 0 Å². The van der Waals surface area contributed by atoms with E-state index in [4.69, 9.17) is 11.6 Å². The Hall–Kier alpha value is -1.95. The summed E-state index contributed by atoms with van der Waals surface area (Å²) < 4.78 is 0. The zero-order chi connectivity index (χ0) is 13.0. The molecule has 0 radical (unpaired) electrons. The van der Waals surface area contributed by atoms with Crippen molar-refractivity contribution in [2.45, 2.75) is 12.3 Å². The van der Waals surface area contributed by atoms with Crippen LogP contribution in [0.1, 0.15) is 6.92 Å². The van der Waals surface area contributed by atoms with Crippen molar-refractivity contribution in [3.8, 4) is 0 Å². The minimum Gasteiger partial charge on any atom is -0.324 e. The average Bonchev–Trinajstić information content (AvgIpc) is 2.28. The largest absolute Gasteiger partial charge is 0.324 e. The average molecular weight is 257 g/mol. The molecule has 0 saturated carbocycles. The van der Waals surface area contributed by atoms with Crippen LogP contribution < -0.4 is 5.32 Å². The van der Waals surface area contributed by atoms with Crippen LogP contribution in [0.4, 0.5) is 11.4 Å². The van der Waals surface area contributed by atoms with Gasteiger partial charge >= 0.3 is 0 Å². The van der Waals surface area contributed by atoms with Crippen LogP contribution in [0.25, 0.3) is 0 Å². The molecule has 0 heterocycles. The van der Waals surface area contributed by atoms with Gasteiger partial charge in [-0.15, -0.1) is 11.6 Å². The Morgan fingerprint density at radius 1 is 1.47 bits per heavy atom. The van der Waals surface area contributed by atoms with Gasteiger partial charge in [0.05, 0.1) is 4.92 Å². The van der Waals surface area contributed by atoms with Gasteiger partial charge in [0.2, 0.25) is 5.91 Å². The van der Waals surface area contributed by atoms with Gasteiger partial charge in [0, 0.05) is 17.8 Å². The first-order valence-corrected chi connectivity index (χ1v) is 5.05. The highest BCUT2D eigenvalue weighted by atomic mass is 35.5. The highest BCUT2D eigenvalue weighted by molar-refractivity contribution is 6.43. The van der Waals surface area contributed by atoms with Gasteiger partial charge < -0.3 is 5.32 Å². The van der Waals surface area contributed by atoms with E-state index in [1.54, 1.807) is 0 Å². The molecule has 0 bridgehead atoms. The fraction of sp³-hybridized carbons (Fsp3) is 0.200. The van der Waals surface area contributed by atoms with Crippen LogP contribution in [0, 0.1) is 10.1 Å². The molecule has 1 unspecified atom stereocenters. The van der Waals surface area contributed by atoms with Crippen molar-refractivity contribution < 1.29 is 14.5 Å². The number of Topliss-reactive ketones (excluding diaryl/α,β-unsaturated/α-hetero) is 1. The predicted octanol–water partition coefficient (Wildman–Crippen LogP) is 1.73. The van der Waals surface area contributed by atoms with Crippen LogP contribution in [-0.2, 0) is 9.59 Å². The molecule has 6 nitrogen and oxygen atoms in total. The number of anilines is 1. The van der Waals surface area contributed by atoms with E-state index in [1.165, 1.54) is 31.2 Å². The maximum atomic E-state index is 11.4. The van der Waals surface area contributed by atoms with E-state index >= 15 is 0 Å². The Labute approximate surface area is 102 Å². The monoisotopic (exact) mass is 256 g/mol. The van der Waals surface area contributed by atoms with E-state index in [2.05, 4.69) is 5.32 Å². The van der Waals surface area contributed by atoms with Gasteiger partial charge in [-0.2, -0.15) is 0 Å². The van der Waals surface area contributed by atoms with E-state index in [-0.39, 0.29) is 11.4 Å². The maximum Gasteiger partial charge on any atom is 0.271 e. The molecule has 0 aliphatic carbocycles. The Bertz CT molecular complexity index is 475. The number of nitro benzene ring substituents is 1. The number of nitro groups is 1. The zero-order valence-corrected chi connectivity index (χ0v) is 9.60. The van der Waals surface area contributed by atoms with Gasteiger partial charge in [-0.05, 0) is 13.0 Å². The number of rotatable bonds is 4. The van der Waals surface area contributed by atoms with Crippen molar-refractivity contribution in [2.24, 2.45) is 0 Å². The number of halogens is 1. The number of carbonyl (C=O) groups is 2. The van der Waals surface area contributed by atoms with Crippen LogP contribution in [0.3, 0.4) is 0 Å². The highest BCUT2D eigenvalue weighted by Gasteiger charge is 2.20. The Morgan fingerprint density at radius 2 is 2.12 bits per heavy atom. The van der Waals surface area contributed by atoms with Gasteiger partial charge in [0.1, 0.15) is 0 Å². The highest BCUT2D eigenvalue weighted by Crippen LogP contribution is 2.17. The van der Waals surface area contributed by atoms with Gasteiger partial charge in [0.15, 0.2) is 11.2 Å². The molecule has 0 aliphatic heterocycles. The van der Waals surface area contributed by atoms with Crippen LogP contribution >= 0.6 is 11.6 Å².